The van der Waals surface area contributed by atoms with Gasteiger partial charge in [0.25, 0.3) is 0 Å². The van der Waals surface area contributed by atoms with Crippen molar-refractivity contribution in [3.8, 4) is 0 Å². The molecule has 27 heavy (non-hydrogen) atoms. The van der Waals surface area contributed by atoms with Gasteiger partial charge in [0.15, 0.2) is 15.2 Å². The van der Waals surface area contributed by atoms with Gasteiger partial charge in [0.2, 0.25) is 0 Å². The molecule has 0 aliphatic carbocycles. The Kier molecular flexibility index (Phi) is 24.2. The van der Waals surface area contributed by atoms with Crippen molar-refractivity contribution in [2.24, 2.45) is 0 Å². The van der Waals surface area contributed by atoms with Crippen LogP contribution in [0.5, 0.6) is 0 Å². The Morgan fingerprint density at radius 2 is 0.852 bits per heavy atom. The maximum absolute atomic E-state index is 10.5. The summed E-state index contributed by atoms with van der Waals surface area (Å²) in [5, 5.41) is 16.8. The maximum atomic E-state index is 10.5. The van der Waals surface area contributed by atoms with Crippen molar-refractivity contribution in [2.45, 2.75) is 11.2 Å². The minimum atomic E-state index is -5.61. The summed E-state index contributed by atoms with van der Waals surface area (Å²) < 4.78 is 48.2. The fraction of sp³-hybridized carbons (Fsp3) is 1.00. The molecule has 0 fully saturated rings. The maximum Gasteiger partial charge on any atom is 2.00 e. The molecule has 175 valence electrons. The van der Waals surface area contributed by atoms with Gasteiger partial charge in [-0.15, -0.1) is 0 Å². The molecule has 0 aliphatic heterocycles. The van der Waals surface area contributed by atoms with Gasteiger partial charge in [-0.2, -0.15) is 0 Å². The Bertz CT molecular complexity index is 531. The van der Waals surface area contributed by atoms with E-state index in [9.17, 15) is 47.6 Å². The molecule has 0 bridgehead atoms. The van der Waals surface area contributed by atoms with Crippen LogP contribution >= 0.6 is 53.6 Å². The smallest absolute Gasteiger partial charge is 0.809 e. The second kappa shape index (κ2) is 16.3. The largest absolute Gasteiger partial charge is 2.00 e. The standard InChI is InChI=1S/2C2H7ClO7P2.3Cu/c2*3-1-10-12(8,9)2(4)11(5,6)7;;;/h2*2,4H,1H2,(H,8,9)(H2,5,6,7);;;/q;;3*+2/p-6. The van der Waals surface area contributed by atoms with Gasteiger partial charge >= 0.3 is 51.2 Å². The number of hydrogen-bond acceptors (Lipinski definition) is 14. The SMILES string of the molecule is O=P([O-])([O-])C(O)P(=O)([O-])OCCl.O=P([O-])([O-])C(O)P(=O)([O-])OCCl.[Cu+2].[Cu+2].[Cu+2]. The van der Waals surface area contributed by atoms with E-state index in [0.29, 0.717) is 0 Å². The average molecular weight is 666 g/mol. The molecular formula is C4H8Cl2Cu3O14P4. The molecular weight excluding hydrogens is 657 g/mol. The molecule has 0 aromatic heterocycles. The number of rotatable bonds is 8. The van der Waals surface area contributed by atoms with E-state index in [1.807, 2.05) is 0 Å². The summed E-state index contributed by atoms with van der Waals surface area (Å²) >= 11 is 9.56. The molecule has 3 radical (unpaired) electrons. The molecule has 0 aromatic carbocycles. The van der Waals surface area contributed by atoms with Crippen LogP contribution in [0.3, 0.4) is 0 Å². The number of aliphatic hydroxyl groups is 2. The van der Waals surface area contributed by atoms with Crippen LogP contribution in [0, 0.1) is 0 Å². The van der Waals surface area contributed by atoms with Crippen LogP contribution in [-0.4, -0.2) is 33.5 Å². The monoisotopic (exact) mass is 663 g/mol. The topological polar surface area (TPSA) is 266 Å². The Morgan fingerprint density at radius 1 is 0.667 bits per heavy atom. The van der Waals surface area contributed by atoms with E-state index in [4.69, 9.17) is 33.4 Å². The van der Waals surface area contributed by atoms with E-state index in [0.717, 1.165) is 0 Å². The van der Waals surface area contributed by atoms with Crippen LogP contribution < -0.4 is 29.4 Å². The zero-order chi connectivity index (χ0) is 20.0. The van der Waals surface area contributed by atoms with Gasteiger partial charge in [-0.05, 0) is 15.2 Å². The van der Waals surface area contributed by atoms with E-state index in [1.165, 1.54) is 0 Å². The number of aliphatic hydroxyl groups excluding tert-OH is 2. The van der Waals surface area contributed by atoms with E-state index in [1.54, 1.807) is 0 Å². The summed E-state index contributed by atoms with van der Waals surface area (Å²) in [5.74, 6) is 0. The first-order chi connectivity index (χ1) is 10.4. The molecule has 0 saturated heterocycles. The minimum Gasteiger partial charge on any atom is -0.809 e. The first-order valence-electron chi connectivity index (χ1n) is 4.85. The molecule has 14 nitrogen and oxygen atoms in total. The molecule has 0 aromatic rings. The van der Waals surface area contributed by atoms with Gasteiger partial charge < -0.3 is 66.9 Å². The zero-order valence-corrected chi connectivity index (χ0v) is 19.7. The molecule has 4 atom stereocenters. The summed E-state index contributed by atoms with van der Waals surface area (Å²) in [5.41, 5.74) is -6.16. The molecule has 23 heteroatoms. The molecule has 0 spiro atoms. The fourth-order valence-corrected chi connectivity index (χ4v) is 5.14. The van der Waals surface area contributed by atoms with Crippen molar-refractivity contribution in [1.82, 2.24) is 0 Å². The Labute approximate surface area is 194 Å². The van der Waals surface area contributed by atoms with Crippen molar-refractivity contribution in [3.05, 3.63) is 0 Å². The van der Waals surface area contributed by atoms with Gasteiger partial charge in [-0.3, -0.25) is 0 Å². The summed E-state index contributed by atoms with van der Waals surface area (Å²) in [4.78, 5) is 60.9. The third kappa shape index (κ3) is 17.0. The van der Waals surface area contributed by atoms with E-state index in [2.05, 4.69) is 9.05 Å². The molecule has 0 saturated carbocycles. The van der Waals surface area contributed by atoms with Gasteiger partial charge in [0, 0.05) is 0 Å². The number of hydrogen-bond donors (Lipinski definition) is 2. The van der Waals surface area contributed by atoms with Crippen LogP contribution in [0.1, 0.15) is 0 Å². The first kappa shape index (κ1) is 40.1. The van der Waals surface area contributed by atoms with Crippen molar-refractivity contribution >= 4 is 53.6 Å². The summed E-state index contributed by atoms with van der Waals surface area (Å²) in [6.07, 6.45) is 0. The van der Waals surface area contributed by atoms with E-state index >= 15 is 0 Å². The normalized spacial score (nSPS) is 17.9. The Morgan fingerprint density at radius 3 is 0.963 bits per heavy atom. The fourth-order valence-electron chi connectivity index (χ4n) is 0.616. The van der Waals surface area contributed by atoms with Crippen molar-refractivity contribution in [2.75, 3.05) is 12.1 Å². The van der Waals surface area contributed by atoms with E-state index < -0.39 is 53.7 Å². The molecule has 0 amide bonds. The summed E-state index contributed by atoms with van der Waals surface area (Å²) in [6.45, 7) is 0. The second-order valence-corrected chi connectivity index (χ2v) is 11.4. The number of alkyl halides is 2. The van der Waals surface area contributed by atoms with Gasteiger partial charge in [0.1, 0.15) is 23.3 Å². The van der Waals surface area contributed by atoms with Crippen molar-refractivity contribution in [3.63, 3.8) is 0 Å². The van der Waals surface area contributed by atoms with Gasteiger partial charge in [0.05, 0.1) is 0 Å². The first-order valence-corrected chi connectivity index (χ1v) is 12.4. The van der Waals surface area contributed by atoms with Gasteiger partial charge in [-0.25, -0.2) is 0 Å². The Balaban J connectivity index is -0.000000108. The second-order valence-electron chi connectivity index (χ2n) is 3.33. The molecule has 0 rings (SSSR count). The predicted octanol–water partition coefficient (Wildman–Crippen LogP) is -4.12. The van der Waals surface area contributed by atoms with Crippen LogP contribution in [0.4, 0.5) is 0 Å². The average Bonchev–Trinajstić information content (AvgIpc) is 2.35. The summed E-state index contributed by atoms with van der Waals surface area (Å²) in [7, 11) is -21.5. The molecule has 2 N–H and O–H groups in total. The van der Waals surface area contributed by atoms with Crippen molar-refractivity contribution < 1.29 is 118 Å². The molecule has 0 heterocycles. The van der Waals surface area contributed by atoms with Crippen LogP contribution in [-0.2, 0) is 78.5 Å². The third-order valence-electron chi connectivity index (χ3n) is 1.59. The molecule has 0 aliphatic rings. The van der Waals surface area contributed by atoms with Crippen LogP contribution in [0.15, 0.2) is 0 Å². The third-order valence-corrected chi connectivity index (χ3v) is 8.75. The molecule has 4 unspecified atom stereocenters. The predicted molar refractivity (Wildman–Crippen MR) is 66.0 cm³/mol. The Hall–Kier alpha value is 2.66. The zero-order valence-electron chi connectivity index (χ0n) is 11.8. The minimum absolute atomic E-state index is 0. The van der Waals surface area contributed by atoms with Gasteiger partial charge in [-0.1, -0.05) is 23.2 Å². The van der Waals surface area contributed by atoms with Crippen LogP contribution in [0.2, 0.25) is 0 Å². The van der Waals surface area contributed by atoms with Crippen LogP contribution in [0.25, 0.3) is 0 Å². The van der Waals surface area contributed by atoms with E-state index in [-0.39, 0.29) is 51.2 Å². The summed E-state index contributed by atoms with van der Waals surface area (Å²) in [6, 6.07) is -1.73. The number of halogens is 2. The van der Waals surface area contributed by atoms with Crippen molar-refractivity contribution in [1.29, 1.82) is 0 Å². The quantitative estimate of drug-likeness (QED) is 0.142.